The van der Waals surface area contributed by atoms with Crippen LogP contribution in [0.15, 0.2) is 36.4 Å². The van der Waals surface area contributed by atoms with Crippen LogP contribution in [0.25, 0.3) is 0 Å². The Labute approximate surface area is 243 Å². The quantitative estimate of drug-likeness (QED) is 0.232. The number of ketones is 2. The van der Waals surface area contributed by atoms with Crippen molar-refractivity contribution < 1.29 is 38.2 Å². The summed E-state index contributed by atoms with van der Waals surface area (Å²) in [7, 11) is 2.55. The highest BCUT2D eigenvalue weighted by Crippen LogP contribution is 2.31. The lowest BCUT2D eigenvalue weighted by Crippen LogP contribution is -2.45. The third kappa shape index (κ3) is 7.45. The van der Waals surface area contributed by atoms with Crippen molar-refractivity contribution in [2.24, 2.45) is 11.8 Å². The van der Waals surface area contributed by atoms with Crippen LogP contribution in [0.3, 0.4) is 0 Å². The molecule has 2 amide bonds. The predicted molar refractivity (Wildman–Crippen MR) is 154 cm³/mol. The average Bonchev–Trinajstić information content (AvgIpc) is 2.95. The lowest BCUT2D eigenvalue weighted by molar-refractivity contribution is -0.145. The SMILES string of the molecule is COC(=O)[C@@H](NCC(=O)Nc1ccc2c(c1)C(=O)c1ccc(NC(=O)CN[C@H](C(=O)OC)C(C)C)cc1C2=O)C(C)C. The molecule has 12 heteroatoms. The maximum absolute atomic E-state index is 13.3. The zero-order valence-corrected chi connectivity index (χ0v) is 24.5. The van der Waals surface area contributed by atoms with Gasteiger partial charge in [0.1, 0.15) is 12.1 Å². The zero-order valence-electron chi connectivity index (χ0n) is 24.5. The summed E-state index contributed by atoms with van der Waals surface area (Å²) in [6.45, 7) is 6.94. The van der Waals surface area contributed by atoms with Gasteiger partial charge in [-0.25, -0.2) is 0 Å². The summed E-state index contributed by atoms with van der Waals surface area (Å²) in [5, 5.41) is 11.1. The number of benzene rings is 2. The lowest BCUT2D eigenvalue weighted by atomic mass is 9.83. The molecular weight excluding hydrogens is 544 g/mol. The molecule has 12 nitrogen and oxygen atoms in total. The van der Waals surface area contributed by atoms with E-state index < -0.39 is 47.4 Å². The number of hydrogen-bond donors (Lipinski definition) is 4. The highest BCUT2D eigenvalue weighted by Gasteiger charge is 2.31. The van der Waals surface area contributed by atoms with Crippen molar-refractivity contribution >= 4 is 46.7 Å². The predicted octanol–water partition coefficient (Wildman–Crippen LogP) is 1.91. The smallest absolute Gasteiger partial charge is 0.323 e. The van der Waals surface area contributed by atoms with E-state index in [9.17, 15) is 28.8 Å². The molecule has 42 heavy (non-hydrogen) atoms. The van der Waals surface area contributed by atoms with Gasteiger partial charge in [0.05, 0.1) is 27.3 Å². The Balaban J connectivity index is 1.69. The van der Waals surface area contributed by atoms with Crippen LogP contribution < -0.4 is 21.3 Å². The van der Waals surface area contributed by atoms with Gasteiger partial charge in [-0.05, 0) is 48.2 Å². The first-order valence-corrected chi connectivity index (χ1v) is 13.5. The second-order valence-electron chi connectivity index (χ2n) is 10.5. The molecule has 1 aliphatic carbocycles. The first-order valence-electron chi connectivity index (χ1n) is 13.5. The summed E-state index contributed by atoms with van der Waals surface area (Å²) in [6.07, 6.45) is 0. The molecule has 1 aliphatic rings. The number of ether oxygens (including phenoxy) is 2. The van der Waals surface area contributed by atoms with E-state index in [4.69, 9.17) is 9.47 Å². The molecular formula is C30H36N4O8. The topological polar surface area (TPSA) is 169 Å². The van der Waals surface area contributed by atoms with Crippen LogP contribution >= 0.6 is 0 Å². The van der Waals surface area contributed by atoms with Crippen molar-refractivity contribution in [3.8, 4) is 0 Å². The largest absolute Gasteiger partial charge is 0.468 e. The van der Waals surface area contributed by atoms with Crippen molar-refractivity contribution in [3.63, 3.8) is 0 Å². The van der Waals surface area contributed by atoms with E-state index in [0.29, 0.717) is 11.4 Å². The van der Waals surface area contributed by atoms with Gasteiger partial charge in [0.15, 0.2) is 11.6 Å². The Morgan fingerprint density at radius 3 is 1.29 bits per heavy atom. The van der Waals surface area contributed by atoms with E-state index in [2.05, 4.69) is 21.3 Å². The summed E-state index contributed by atoms with van der Waals surface area (Å²) in [5.41, 5.74) is 1.22. The van der Waals surface area contributed by atoms with Gasteiger partial charge in [-0.1, -0.05) is 27.7 Å². The normalized spacial score (nSPS) is 13.6. The summed E-state index contributed by atoms with van der Waals surface area (Å²) in [4.78, 5) is 75.4. The Morgan fingerprint density at radius 1 is 0.619 bits per heavy atom. The fourth-order valence-corrected chi connectivity index (χ4v) is 4.56. The van der Waals surface area contributed by atoms with Crippen LogP contribution in [0.1, 0.15) is 59.5 Å². The van der Waals surface area contributed by atoms with E-state index in [0.717, 1.165) is 0 Å². The van der Waals surface area contributed by atoms with Crippen molar-refractivity contribution in [1.82, 2.24) is 10.6 Å². The fourth-order valence-electron chi connectivity index (χ4n) is 4.56. The molecule has 0 fully saturated rings. The first-order chi connectivity index (χ1) is 19.9. The maximum atomic E-state index is 13.3. The van der Waals surface area contributed by atoms with Gasteiger partial charge >= 0.3 is 11.9 Å². The number of methoxy groups -OCH3 is 2. The fraction of sp³-hybridized carbons (Fsp3) is 0.400. The van der Waals surface area contributed by atoms with Gasteiger partial charge in [-0.15, -0.1) is 0 Å². The second-order valence-corrected chi connectivity index (χ2v) is 10.5. The zero-order chi connectivity index (χ0) is 31.1. The van der Waals surface area contributed by atoms with Crippen LogP contribution in [0.4, 0.5) is 11.4 Å². The summed E-state index contributed by atoms with van der Waals surface area (Å²) >= 11 is 0. The Hall–Kier alpha value is -4.42. The highest BCUT2D eigenvalue weighted by molar-refractivity contribution is 6.29. The monoisotopic (exact) mass is 580 g/mol. The van der Waals surface area contributed by atoms with Gasteiger partial charge in [0.25, 0.3) is 0 Å². The number of hydrogen-bond acceptors (Lipinski definition) is 10. The van der Waals surface area contributed by atoms with Gasteiger partial charge in [0.2, 0.25) is 11.8 Å². The highest BCUT2D eigenvalue weighted by atomic mass is 16.5. The van der Waals surface area contributed by atoms with Gasteiger partial charge in [-0.2, -0.15) is 0 Å². The standard InChI is InChI=1S/C30H36N4O8/c1-15(2)25(29(39)41-5)31-13-23(35)33-17-7-9-19-21(11-17)27(37)20-10-8-18(12-22(20)28(19)38)34-24(36)14-32-26(16(3)4)30(40)42-6/h7-12,15-16,25-26,31-32H,13-14H2,1-6H3,(H,33,35)(H,34,36)/t25-,26-/m0/s1. The van der Waals surface area contributed by atoms with Crippen molar-refractivity contribution in [1.29, 1.82) is 0 Å². The van der Waals surface area contributed by atoms with Gasteiger partial charge < -0.3 is 20.1 Å². The molecule has 2 aromatic rings. The molecule has 2 aromatic carbocycles. The molecule has 0 bridgehead atoms. The number of nitrogens with one attached hydrogen (secondary N) is 4. The van der Waals surface area contributed by atoms with E-state index in [1.807, 2.05) is 27.7 Å². The molecule has 0 radical (unpaired) electrons. The number of carbonyl (C=O) groups is 6. The minimum Gasteiger partial charge on any atom is -0.468 e. The van der Waals surface area contributed by atoms with Crippen molar-refractivity contribution in [3.05, 3.63) is 58.7 Å². The molecule has 224 valence electrons. The van der Waals surface area contributed by atoms with Crippen LogP contribution in [-0.2, 0) is 28.7 Å². The molecule has 0 saturated carbocycles. The number of rotatable bonds is 12. The minimum atomic E-state index is -0.664. The molecule has 0 heterocycles. The molecule has 0 aliphatic heterocycles. The maximum Gasteiger partial charge on any atom is 0.323 e. The summed E-state index contributed by atoms with van der Waals surface area (Å²) in [5.74, 6) is -2.87. The molecule has 0 spiro atoms. The summed E-state index contributed by atoms with van der Waals surface area (Å²) < 4.78 is 9.52. The molecule has 4 N–H and O–H groups in total. The molecule has 3 rings (SSSR count). The van der Waals surface area contributed by atoms with Crippen molar-refractivity contribution in [2.75, 3.05) is 37.9 Å². The number of anilines is 2. The molecule has 2 atom stereocenters. The number of carbonyl (C=O) groups excluding carboxylic acids is 6. The molecule has 0 aromatic heterocycles. The van der Waals surface area contributed by atoms with Crippen LogP contribution in [-0.4, -0.2) is 74.7 Å². The third-order valence-corrected chi connectivity index (χ3v) is 6.79. The minimum absolute atomic E-state index is 0.105. The van der Waals surface area contributed by atoms with Gasteiger partial charge in [0, 0.05) is 33.6 Å². The molecule has 0 unspecified atom stereocenters. The summed E-state index contributed by atoms with van der Waals surface area (Å²) in [6, 6.07) is 7.48. The van der Waals surface area contributed by atoms with Gasteiger partial charge in [-0.3, -0.25) is 39.4 Å². The van der Waals surface area contributed by atoms with E-state index in [-0.39, 0.29) is 47.2 Å². The van der Waals surface area contributed by atoms with E-state index in [1.54, 1.807) is 0 Å². The van der Waals surface area contributed by atoms with E-state index in [1.165, 1.54) is 50.6 Å². The third-order valence-electron chi connectivity index (χ3n) is 6.79. The average molecular weight is 581 g/mol. The first kappa shape index (κ1) is 32.1. The Kier molecular flexibility index (Phi) is 10.7. The lowest BCUT2D eigenvalue weighted by Gasteiger charge is -2.21. The number of amides is 2. The Morgan fingerprint density at radius 2 is 0.976 bits per heavy atom. The number of esters is 2. The van der Waals surface area contributed by atoms with Crippen LogP contribution in [0, 0.1) is 11.8 Å². The second kappa shape index (κ2) is 14.0. The number of fused-ring (bicyclic) bond motifs is 2. The van der Waals surface area contributed by atoms with Crippen LogP contribution in [0.5, 0.6) is 0 Å². The van der Waals surface area contributed by atoms with Crippen LogP contribution in [0.2, 0.25) is 0 Å². The van der Waals surface area contributed by atoms with Crippen molar-refractivity contribution in [2.45, 2.75) is 39.8 Å². The molecule has 0 saturated heterocycles. The Bertz CT molecular complexity index is 1300. The van der Waals surface area contributed by atoms with E-state index >= 15 is 0 Å².